The summed E-state index contributed by atoms with van der Waals surface area (Å²) in [5.74, 6) is -0.0622. The molecule has 0 saturated heterocycles. The van der Waals surface area contributed by atoms with Gasteiger partial charge in [-0.2, -0.15) is 0 Å². The Labute approximate surface area is 128 Å². The number of carbonyl (C=O) groups is 1. The van der Waals surface area contributed by atoms with Crippen LogP contribution in [0.15, 0.2) is 54.9 Å². The summed E-state index contributed by atoms with van der Waals surface area (Å²) in [5.41, 5.74) is 3.43. The molecule has 5 heteroatoms. The fourth-order valence-corrected chi connectivity index (χ4v) is 2.38. The van der Waals surface area contributed by atoms with E-state index in [9.17, 15) is 4.79 Å². The third-order valence-corrected chi connectivity index (χ3v) is 3.50. The van der Waals surface area contributed by atoms with Crippen molar-refractivity contribution < 1.29 is 9.90 Å². The lowest BCUT2D eigenvalue weighted by molar-refractivity contribution is -0.116. The minimum Gasteiger partial charge on any atom is -0.392 e. The summed E-state index contributed by atoms with van der Waals surface area (Å²) in [6.07, 6.45) is 2.12. The maximum Gasteiger partial charge on any atom is 0.226 e. The molecule has 0 saturated carbocycles. The van der Waals surface area contributed by atoms with Gasteiger partial charge in [0.05, 0.1) is 24.0 Å². The van der Waals surface area contributed by atoms with E-state index in [1.807, 2.05) is 47.0 Å². The Bertz CT molecular complexity index is 795. The molecule has 0 bridgehead atoms. The van der Waals surface area contributed by atoms with Gasteiger partial charge in [0.1, 0.15) is 0 Å². The molecular weight excluding hydrogens is 278 g/mol. The van der Waals surface area contributed by atoms with E-state index >= 15 is 0 Å². The van der Waals surface area contributed by atoms with Crippen LogP contribution in [0.4, 0.5) is 5.69 Å². The monoisotopic (exact) mass is 295 g/mol. The van der Waals surface area contributed by atoms with Gasteiger partial charge in [-0.3, -0.25) is 4.79 Å². The number of aromatic nitrogens is 2. The number of aliphatic hydroxyl groups is 1. The number of aryl methyl sites for hydroxylation is 1. The van der Waals surface area contributed by atoms with Gasteiger partial charge in [0.25, 0.3) is 0 Å². The predicted molar refractivity (Wildman–Crippen MR) is 85.3 cm³/mol. The third kappa shape index (κ3) is 3.15. The first-order valence-corrected chi connectivity index (χ1v) is 7.16. The Morgan fingerprint density at radius 2 is 2.05 bits per heavy atom. The zero-order chi connectivity index (χ0) is 15.4. The molecule has 22 heavy (non-hydrogen) atoms. The second-order valence-corrected chi connectivity index (χ2v) is 5.08. The molecule has 3 aromatic rings. The van der Waals surface area contributed by atoms with E-state index in [0.29, 0.717) is 18.7 Å². The first kappa shape index (κ1) is 14.3. The van der Waals surface area contributed by atoms with Crippen molar-refractivity contribution >= 4 is 22.6 Å². The lowest BCUT2D eigenvalue weighted by Crippen LogP contribution is -2.14. The average Bonchev–Trinajstić information content (AvgIpc) is 2.96. The maximum atomic E-state index is 12.0. The van der Waals surface area contributed by atoms with Crippen LogP contribution in [-0.4, -0.2) is 20.6 Å². The van der Waals surface area contributed by atoms with Crippen molar-refractivity contribution in [2.45, 2.75) is 19.6 Å². The summed E-state index contributed by atoms with van der Waals surface area (Å²) >= 11 is 0. The van der Waals surface area contributed by atoms with E-state index in [2.05, 4.69) is 10.3 Å². The van der Waals surface area contributed by atoms with Gasteiger partial charge in [-0.25, -0.2) is 4.98 Å². The molecule has 1 amide bonds. The number of imidazole rings is 1. The smallest absolute Gasteiger partial charge is 0.226 e. The van der Waals surface area contributed by atoms with Gasteiger partial charge in [-0.05, 0) is 29.8 Å². The molecule has 112 valence electrons. The molecule has 1 aromatic heterocycles. The molecule has 0 aliphatic heterocycles. The number of benzene rings is 2. The van der Waals surface area contributed by atoms with Crippen LogP contribution in [0, 0.1) is 0 Å². The SMILES string of the molecule is O=C(CCn1cnc2ccccc21)Nc1cccc(CO)c1. The quantitative estimate of drug-likeness (QED) is 0.760. The molecule has 2 N–H and O–H groups in total. The van der Waals surface area contributed by atoms with Crippen LogP contribution in [0.5, 0.6) is 0 Å². The number of nitrogens with one attached hydrogen (secondary N) is 1. The number of para-hydroxylation sites is 2. The summed E-state index contributed by atoms with van der Waals surface area (Å²) in [6.45, 7) is 0.538. The Hall–Kier alpha value is -2.66. The number of anilines is 1. The zero-order valence-corrected chi connectivity index (χ0v) is 12.1. The summed E-state index contributed by atoms with van der Waals surface area (Å²) in [7, 11) is 0. The van der Waals surface area contributed by atoms with Gasteiger partial charge in [0.2, 0.25) is 5.91 Å². The van der Waals surface area contributed by atoms with Crippen LogP contribution in [0.1, 0.15) is 12.0 Å². The van der Waals surface area contributed by atoms with Crippen molar-refractivity contribution in [3.8, 4) is 0 Å². The lowest BCUT2D eigenvalue weighted by Gasteiger charge is -2.07. The second-order valence-electron chi connectivity index (χ2n) is 5.08. The van der Waals surface area contributed by atoms with Crippen LogP contribution >= 0.6 is 0 Å². The molecule has 0 radical (unpaired) electrons. The van der Waals surface area contributed by atoms with Gasteiger partial charge in [-0.15, -0.1) is 0 Å². The number of carbonyl (C=O) groups excluding carboxylic acids is 1. The molecule has 0 fully saturated rings. The van der Waals surface area contributed by atoms with E-state index in [4.69, 9.17) is 5.11 Å². The van der Waals surface area contributed by atoms with Crippen LogP contribution in [0.3, 0.4) is 0 Å². The number of nitrogens with zero attached hydrogens (tertiary/aromatic N) is 2. The van der Waals surface area contributed by atoms with Crippen LogP contribution < -0.4 is 5.32 Å². The molecule has 0 aliphatic rings. The number of aliphatic hydroxyl groups excluding tert-OH is 1. The lowest BCUT2D eigenvalue weighted by atomic mass is 10.2. The Kier molecular flexibility index (Phi) is 4.16. The molecule has 1 heterocycles. The fourth-order valence-electron chi connectivity index (χ4n) is 2.38. The topological polar surface area (TPSA) is 67.2 Å². The first-order valence-electron chi connectivity index (χ1n) is 7.16. The first-order chi connectivity index (χ1) is 10.8. The summed E-state index contributed by atoms with van der Waals surface area (Å²) < 4.78 is 1.97. The van der Waals surface area contributed by atoms with E-state index in [0.717, 1.165) is 16.6 Å². The van der Waals surface area contributed by atoms with Gasteiger partial charge >= 0.3 is 0 Å². The summed E-state index contributed by atoms with van der Waals surface area (Å²) in [6, 6.07) is 15.0. The Balaban J connectivity index is 1.62. The molecule has 5 nitrogen and oxygen atoms in total. The number of fused-ring (bicyclic) bond motifs is 1. The average molecular weight is 295 g/mol. The van der Waals surface area contributed by atoms with E-state index in [1.54, 1.807) is 12.4 Å². The highest BCUT2D eigenvalue weighted by Gasteiger charge is 2.06. The molecule has 3 rings (SSSR count). The number of amides is 1. The highest BCUT2D eigenvalue weighted by Crippen LogP contribution is 2.13. The number of rotatable bonds is 5. The molecule has 0 unspecified atom stereocenters. The minimum absolute atomic E-state index is 0.0370. The van der Waals surface area contributed by atoms with Gasteiger partial charge < -0.3 is 15.0 Å². The molecule has 0 aliphatic carbocycles. The normalized spacial score (nSPS) is 10.8. The highest BCUT2D eigenvalue weighted by atomic mass is 16.3. The van der Waals surface area contributed by atoms with Crippen molar-refractivity contribution in [2.24, 2.45) is 0 Å². The van der Waals surface area contributed by atoms with Crippen LogP contribution in [0.2, 0.25) is 0 Å². The van der Waals surface area contributed by atoms with Crippen molar-refractivity contribution in [1.29, 1.82) is 0 Å². The Morgan fingerprint density at radius 3 is 2.91 bits per heavy atom. The number of hydrogen-bond donors (Lipinski definition) is 2. The molecule has 0 atom stereocenters. The molecular formula is C17H17N3O2. The van der Waals surface area contributed by atoms with Crippen LogP contribution in [-0.2, 0) is 17.9 Å². The summed E-state index contributed by atoms with van der Waals surface area (Å²) in [4.78, 5) is 16.3. The third-order valence-electron chi connectivity index (χ3n) is 3.50. The van der Waals surface area contributed by atoms with E-state index in [-0.39, 0.29) is 12.5 Å². The highest BCUT2D eigenvalue weighted by molar-refractivity contribution is 5.90. The maximum absolute atomic E-state index is 12.0. The van der Waals surface area contributed by atoms with Crippen LogP contribution in [0.25, 0.3) is 11.0 Å². The van der Waals surface area contributed by atoms with Crippen molar-refractivity contribution in [3.05, 3.63) is 60.4 Å². The summed E-state index contributed by atoms with van der Waals surface area (Å²) in [5, 5.41) is 11.9. The van der Waals surface area contributed by atoms with Crippen molar-refractivity contribution in [2.75, 3.05) is 5.32 Å². The minimum atomic E-state index is -0.0622. The fraction of sp³-hybridized carbons (Fsp3) is 0.176. The Morgan fingerprint density at radius 1 is 1.18 bits per heavy atom. The van der Waals surface area contributed by atoms with Crippen molar-refractivity contribution in [1.82, 2.24) is 9.55 Å². The van der Waals surface area contributed by atoms with E-state index in [1.165, 1.54) is 0 Å². The second kappa shape index (κ2) is 6.41. The zero-order valence-electron chi connectivity index (χ0n) is 12.1. The largest absolute Gasteiger partial charge is 0.392 e. The predicted octanol–water partition coefficient (Wildman–Crippen LogP) is 2.56. The van der Waals surface area contributed by atoms with Gasteiger partial charge in [-0.1, -0.05) is 24.3 Å². The van der Waals surface area contributed by atoms with Gasteiger partial charge in [0, 0.05) is 18.7 Å². The standard InChI is InChI=1S/C17H17N3O2/c21-11-13-4-3-5-14(10-13)19-17(22)8-9-20-12-18-15-6-1-2-7-16(15)20/h1-7,10,12,21H,8-9,11H2,(H,19,22). The van der Waals surface area contributed by atoms with Crippen molar-refractivity contribution in [3.63, 3.8) is 0 Å². The molecule has 0 spiro atoms. The van der Waals surface area contributed by atoms with Gasteiger partial charge in [0.15, 0.2) is 0 Å². The van der Waals surface area contributed by atoms with E-state index < -0.39 is 0 Å². The molecule has 2 aromatic carbocycles. The number of hydrogen-bond acceptors (Lipinski definition) is 3.